The summed E-state index contributed by atoms with van der Waals surface area (Å²) in [5.74, 6) is 0.635. The van der Waals surface area contributed by atoms with Crippen molar-refractivity contribution in [2.45, 2.75) is 52.2 Å². The summed E-state index contributed by atoms with van der Waals surface area (Å²) in [4.78, 5) is 8.69. The number of aromatic nitrogens is 1. The average Bonchev–Trinajstić information content (AvgIpc) is 3.50. The standard InChI is InChI=1S/C25H28Cl2N2OS/c1-4-13-29(24(19-9-10-19)18-7-5-17(6-8-18)15(2)30)25-28-23(16(3)31-25)21-12-11-20(26)14-22(21)27/h5-8,11-12,14-15,19,24,30H,4,9-10,13H2,1-3H3. The Morgan fingerprint density at radius 2 is 1.81 bits per heavy atom. The van der Waals surface area contributed by atoms with Crippen LogP contribution in [0.3, 0.4) is 0 Å². The highest BCUT2D eigenvalue weighted by atomic mass is 35.5. The number of halogens is 2. The maximum atomic E-state index is 9.89. The van der Waals surface area contributed by atoms with E-state index in [4.69, 9.17) is 28.2 Å². The van der Waals surface area contributed by atoms with Crippen LogP contribution in [0, 0.1) is 12.8 Å². The highest BCUT2D eigenvalue weighted by Gasteiger charge is 2.37. The number of thiazole rings is 1. The number of nitrogens with zero attached hydrogens (tertiary/aromatic N) is 2. The van der Waals surface area contributed by atoms with E-state index in [1.807, 2.05) is 24.3 Å². The third-order valence-corrected chi connectivity index (χ3v) is 7.40. The van der Waals surface area contributed by atoms with E-state index in [1.165, 1.54) is 18.4 Å². The predicted molar refractivity (Wildman–Crippen MR) is 132 cm³/mol. The van der Waals surface area contributed by atoms with E-state index in [0.717, 1.165) is 39.8 Å². The van der Waals surface area contributed by atoms with Crippen molar-refractivity contribution in [1.82, 2.24) is 4.98 Å². The zero-order valence-corrected chi connectivity index (χ0v) is 20.4. The van der Waals surface area contributed by atoms with Crippen LogP contribution < -0.4 is 4.90 Å². The van der Waals surface area contributed by atoms with Gasteiger partial charge >= 0.3 is 0 Å². The second-order valence-corrected chi connectivity index (χ2v) is 10.4. The van der Waals surface area contributed by atoms with Crippen molar-refractivity contribution in [3.8, 4) is 11.3 Å². The second kappa shape index (κ2) is 9.50. The Bertz CT molecular complexity index is 1040. The smallest absolute Gasteiger partial charge is 0.186 e. The molecule has 0 saturated heterocycles. The molecule has 1 N–H and O–H groups in total. The van der Waals surface area contributed by atoms with Crippen molar-refractivity contribution in [3.05, 3.63) is 68.5 Å². The minimum absolute atomic E-state index is 0.294. The predicted octanol–water partition coefficient (Wildman–Crippen LogP) is 7.85. The van der Waals surface area contributed by atoms with Gasteiger partial charge in [-0.1, -0.05) is 54.4 Å². The molecule has 1 aromatic heterocycles. The highest BCUT2D eigenvalue weighted by Crippen LogP contribution is 2.48. The molecule has 0 radical (unpaired) electrons. The van der Waals surface area contributed by atoms with Gasteiger partial charge in [-0.15, -0.1) is 11.3 Å². The summed E-state index contributed by atoms with van der Waals surface area (Å²) in [6.45, 7) is 7.07. The van der Waals surface area contributed by atoms with Gasteiger partial charge < -0.3 is 10.0 Å². The fraction of sp³-hybridized carbons (Fsp3) is 0.400. The number of hydrogen-bond acceptors (Lipinski definition) is 4. The number of aliphatic hydroxyl groups excluding tert-OH is 1. The maximum Gasteiger partial charge on any atom is 0.186 e. The maximum absolute atomic E-state index is 9.89. The third kappa shape index (κ3) is 4.93. The fourth-order valence-electron chi connectivity index (χ4n) is 4.12. The monoisotopic (exact) mass is 474 g/mol. The lowest BCUT2D eigenvalue weighted by atomic mass is 9.98. The quantitative estimate of drug-likeness (QED) is 0.360. The highest BCUT2D eigenvalue weighted by molar-refractivity contribution is 7.16. The summed E-state index contributed by atoms with van der Waals surface area (Å²) >= 11 is 14.3. The van der Waals surface area contributed by atoms with E-state index >= 15 is 0 Å². The lowest BCUT2D eigenvalue weighted by molar-refractivity contribution is 0.199. The zero-order chi connectivity index (χ0) is 22.1. The number of aryl methyl sites for hydroxylation is 1. The van der Waals surface area contributed by atoms with Crippen molar-refractivity contribution >= 4 is 39.7 Å². The van der Waals surface area contributed by atoms with Crippen LogP contribution in [0.4, 0.5) is 5.13 Å². The second-order valence-electron chi connectivity index (χ2n) is 8.34. The summed E-state index contributed by atoms with van der Waals surface area (Å²) in [6.07, 6.45) is 3.07. The number of rotatable bonds is 8. The van der Waals surface area contributed by atoms with Gasteiger partial charge in [-0.25, -0.2) is 4.98 Å². The van der Waals surface area contributed by atoms with E-state index < -0.39 is 6.10 Å². The minimum atomic E-state index is -0.450. The van der Waals surface area contributed by atoms with Gasteiger partial charge in [0.2, 0.25) is 0 Å². The summed E-state index contributed by atoms with van der Waals surface area (Å²) in [7, 11) is 0. The molecule has 3 nitrogen and oxygen atoms in total. The van der Waals surface area contributed by atoms with E-state index in [1.54, 1.807) is 24.3 Å². The van der Waals surface area contributed by atoms with Crippen LogP contribution >= 0.6 is 34.5 Å². The molecule has 0 bridgehead atoms. The molecule has 2 unspecified atom stereocenters. The van der Waals surface area contributed by atoms with Gasteiger partial charge in [-0.3, -0.25) is 0 Å². The number of aliphatic hydroxyl groups is 1. The average molecular weight is 475 g/mol. The molecule has 3 aromatic rings. The van der Waals surface area contributed by atoms with Crippen molar-refractivity contribution in [2.75, 3.05) is 11.4 Å². The third-order valence-electron chi connectivity index (χ3n) is 5.85. The number of hydrogen-bond donors (Lipinski definition) is 1. The van der Waals surface area contributed by atoms with Gasteiger partial charge in [-0.2, -0.15) is 0 Å². The molecule has 0 amide bonds. The Hall–Kier alpha value is -1.59. The molecule has 1 aliphatic carbocycles. The van der Waals surface area contributed by atoms with Crippen molar-refractivity contribution in [3.63, 3.8) is 0 Å². The van der Waals surface area contributed by atoms with E-state index in [-0.39, 0.29) is 0 Å². The Morgan fingerprint density at radius 3 is 2.39 bits per heavy atom. The lowest BCUT2D eigenvalue weighted by Gasteiger charge is -2.32. The van der Waals surface area contributed by atoms with Crippen molar-refractivity contribution in [1.29, 1.82) is 0 Å². The first-order valence-electron chi connectivity index (χ1n) is 10.9. The Morgan fingerprint density at radius 1 is 1.13 bits per heavy atom. The van der Waals surface area contributed by atoms with Crippen LogP contribution in [-0.4, -0.2) is 16.6 Å². The number of benzene rings is 2. The van der Waals surface area contributed by atoms with Gasteiger partial charge in [0.05, 0.1) is 22.9 Å². The zero-order valence-electron chi connectivity index (χ0n) is 18.1. The van der Waals surface area contributed by atoms with Gasteiger partial charge in [0.1, 0.15) is 0 Å². The first-order valence-corrected chi connectivity index (χ1v) is 12.4. The molecular weight excluding hydrogens is 447 g/mol. The lowest BCUT2D eigenvalue weighted by Crippen LogP contribution is -2.31. The van der Waals surface area contributed by atoms with E-state index in [9.17, 15) is 5.11 Å². The molecule has 1 heterocycles. The van der Waals surface area contributed by atoms with Crippen molar-refractivity contribution < 1.29 is 5.11 Å². The normalized spacial score (nSPS) is 15.7. The topological polar surface area (TPSA) is 36.4 Å². The van der Waals surface area contributed by atoms with Crippen LogP contribution in [0.2, 0.25) is 10.0 Å². The van der Waals surface area contributed by atoms with Crippen LogP contribution in [0.25, 0.3) is 11.3 Å². The van der Waals surface area contributed by atoms with Gasteiger partial charge in [0.25, 0.3) is 0 Å². The van der Waals surface area contributed by atoms with Gasteiger partial charge in [-0.05, 0) is 68.4 Å². The van der Waals surface area contributed by atoms with Crippen LogP contribution in [0.1, 0.15) is 61.3 Å². The Kier molecular flexibility index (Phi) is 6.92. The van der Waals surface area contributed by atoms with Gasteiger partial charge in [0, 0.05) is 22.0 Å². The minimum Gasteiger partial charge on any atom is -0.389 e. The summed E-state index contributed by atoms with van der Waals surface area (Å²) in [5, 5.41) is 12.2. The first kappa shape index (κ1) is 22.6. The molecule has 1 aliphatic rings. The number of anilines is 1. The Labute approximate surface area is 198 Å². The molecule has 31 heavy (non-hydrogen) atoms. The van der Waals surface area contributed by atoms with E-state index in [2.05, 4.69) is 30.9 Å². The SMILES string of the molecule is CCCN(c1nc(-c2ccc(Cl)cc2Cl)c(C)s1)C(c1ccc(C(C)O)cc1)C1CC1. The molecule has 6 heteroatoms. The molecular formula is C25H28Cl2N2OS. The molecule has 1 saturated carbocycles. The largest absolute Gasteiger partial charge is 0.389 e. The first-order chi connectivity index (χ1) is 14.9. The summed E-state index contributed by atoms with van der Waals surface area (Å²) in [5.41, 5.74) is 4.10. The molecule has 164 valence electrons. The van der Waals surface area contributed by atoms with Crippen LogP contribution in [0.15, 0.2) is 42.5 Å². The van der Waals surface area contributed by atoms with Gasteiger partial charge in [0.15, 0.2) is 5.13 Å². The molecule has 1 fully saturated rings. The Balaban J connectivity index is 1.72. The molecule has 4 rings (SSSR count). The van der Waals surface area contributed by atoms with Crippen molar-refractivity contribution in [2.24, 2.45) is 5.92 Å². The summed E-state index contributed by atoms with van der Waals surface area (Å²) in [6, 6.07) is 14.3. The molecule has 2 atom stereocenters. The molecule has 0 spiro atoms. The van der Waals surface area contributed by atoms with Crippen LogP contribution in [0.5, 0.6) is 0 Å². The summed E-state index contributed by atoms with van der Waals surface area (Å²) < 4.78 is 0. The molecule has 2 aromatic carbocycles. The van der Waals surface area contributed by atoms with Crippen LogP contribution in [-0.2, 0) is 0 Å². The molecule has 0 aliphatic heterocycles. The fourth-order valence-corrected chi connectivity index (χ4v) is 5.60. The van der Waals surface area contributed by atoms with E-state index in [0.29, 0.717) is 22.0 Å².